The van der Waals surface area contributed by atoms with Crippen molar-refractivity contribution in [1.82, 2.24) is 24.6 Å². The summed E-state index contributed by atoms with van der Waals surface area (Å²) < 4.78 is 29.6. The molecule has 1 saturated heterocycles. The summed E-state index contributed by atoms with van der Waals surface area (Å²) in [5.74, 6) is 0.416. The number of aromatic nitrogens is 3. The van der Waals surface area contributed by atoms with Crippen LogP contribution in [0.15, 0.2) is 27.9 Å². The molecule has 1 saturated carbocycles. The van der Waals surface area contributed by atoms with Crippen LogP contribution in [0.25, 0.3) is 0 Å². The van der Waals surface area contributed by atoms with Crippen molar-refractivity contribution in [2.24, 2.45) is 5.92 Å². The van der Waals surface area contributed by atoms with Gasteiger partial charge in [-0.2, -0.15) is 4.31 Å². The topological polar surface area (TPSA) is 97.2 Å². The summed E-state index contributed by atoms with van der Waals surface area (Å²) in [6.07, 6.45) is 7.40. The second-order valence-electron chi connectivity index (χ2n) is 7.51. The number of hydrogen-bond donors (Lipinski definition) is 1. The predicted molar refractivity (Wildman–Crippen MR) is 106 cm³/mol. The third-order valence-electron chi connectivity index (χ3n) is 5.34. The van der Waals surface area contributed by atoms with Crippen molar-refractivity contribution in [3.63, 3.8) is 0 Å². The van der Waals surface area contributed by atoms with Crippen molar-refractivity contribution in [3.8, 4) is 0 Å². The Morgan fingerprint density at radius 1 is 1.29 bits per heavy atom. The average Bonchev–Trinajstić information content (AvgIpc) is 3.16. The first kappa shape index (κ1) is 19.5. The maximum atomic E-state index is 12.9. The van der Waals surface area contributed by atoms with Crippen molar-refractivity contribution in [2.75, 3.05) is 13.1 Å². The van der Waals surface area contributed by atoms with E-state index in [1.807, 2.05) is 0 Å². The number of thiophene rings is 1. The van der Waals surface area contributed by atoms with Crippen molar-refractivity contribution < 1.29 is 13.2 Å². The first-order chi connectivity index (χ1) is 13.5. The number of aryl methyl sites for hydroxylation is 1. The lowest BCUT2D eigenvalue weighted by molar-refractivity contribution is 0.0946. The van der Waals surface area contributed by atoms with E-state index in [2.05, 4.69) is 15.6 Å². The Kier molecular flexibility index (Phi) is 5.79. The maximum absolute atomic E-state index is 12.9. The number of sulfonamides is 1. The van der Waals surface area contributed by atoms with Gasteiger partial charge >= 0.3 is 0 Å². The molecule has 152 valence electrons. The fourth-order valence-corrected chi connectivity index (χ4v) is 6.39. The van der Waals surface area contributed by atoms with E-state index in [1.165, 1.54) is 24.2 Å². The lowest BCUT2D eigenvalue weighted by Crippen LogP contribution is -2.43. The SMILES string of the molecule is O=C(NCC1CC1)c1cn(CCC2CCCCN2S(=O)(=O)c2cccs2)nn1. The summed E-state index contributed by atoms with van der Waals surface area (Å²) in [6.45, 7) is 1.78. The molecule has 1 unspecified atom stereocenters. The van der Waals surface area contributed by atoms with Crippen LogP contribution >= 0.6 is 11.3 Å². The number of hydrogen-bond acceptors (Lipinski definition) is 6. The van der Waals surface area contributed by atoms with Gasteiger partial charge in [0.1, 0.15) is 4.21 Å². The molecule has 1 amide bonds. The van der Waals surface area contributed by atoms with Crippen LogP contribution in [0.5, 0.6) is 0 Å². The molecule has 0 radical (unpaired) electrons. The Morgan fingerprint density at radius 2 is 2.14 bits per heavy atom. The summed E-state index contributed by atoms with van der Waals surface area (Å²) in [7, 11) is -3.45. The molecule has 1 atom stereocenters. The summed E-state index contributed by atoms with van der Waals surface area (Å²) >= 11 is 1.26. The third-order valence-corrected chi connectivity index (χ3v) is 8.67. The van der Waals surface area contributed by atoms with Gasteiger partial charge in [-0.25, -0.2) is 8.42 Å². The molecule has 1 aliphatic carbocycles. The Bertz CT molecular complexity index is 906. The van der Waals surface area contributed by atoms with E-state index in [4.69, 9.17) is 0 Å². The molecule has 2 fully saturated rings. The molecule has 2 aromatic rings. The zero-order valence-electron chi connectivity index (χ0n) is 15.7. The van der Waals surface area contributed by atoms with Gasteiger partial charge in [-0.05, 0) is 49.5 Å². The number of carbonyl (C=O) groups excluding carboxylic acids is 1. The predicted octanol–water partition coefficient (Wildman–Crippen LogP) is 2.11. The molecule has 1 aliphatic heterocycles. The van der Waals surface area contributed by atoms with Gasteiger partial charge in [0.05, 0.1) is 6.20 Å². The number of rotatable bonds is 8. The number of nitrogens with one attached hydrogen (secondary N) is 1. The van der Waals surface area contributed by atoms with Gasteiger partial charge in [0.15, 0.2) is 5.69 Å². The van der Waals surface area contributed by atoms with E-state index in [0.29, 0.717) is 41.9 Å². The Balaban J connectivity index is 1.37. The molecule has 1 N–H and O–H groups in total. The van der Waals surface area contributed by atoms with E-state index in [-0.39, 0.29) is 11.9 Å². The lowest BCUT2D eigenvalue weighted by Gasteiger charge is -2.34. The molecular weight excluding hydrogens is 398 g/mol. The van der Waals surface area contributed by atoms with Crippen molar-refractivity contribution in [1.29, 1.82) is 0 Å². The van der Waals surface area contributed by atoms with Gasteiger partial charge < -0.3 is 5.32 Å². The van der Waals surface area contributed by atoms with Gasteiger partial charge in [0, 0.05) is 25.7 Å². The van der Waals surface area contributed by atoms with Crippen LogP contribution in [0.2, 0.25) is 0 Å². The number of amides is 1. The molecule has 0 spiro atoms. The summed E-state index contributed by atoms with van der Waals surface area (Å²) in [5, 5.41) is 12.7. The van der Waals surface area contributed by atoms with E-state index in [1.54, 1.807) is 32.7 Å². The largest absolute Gasteiger partial charge is 0.350 e. The highest BCUT2D eigenvalue weighted by Crippen LogP contribution is 2.29. The third kappa shape index (κ3) is 4.44. The first-order valence-corrected chi connectivity index (χ1v) is 12.1. The second-order valence-corrected chi connectivity index (χ2v) is 10.6. The zero-order valence-corrected chi connectivity index (χ0v) is 17.3. The highest BCUT2D eigenvalue weighted by Gasteiger charge is 2.34. The highest BCUT2D eigenvalue weighted by molar-refractivity contribution is 7.91. The van der Waals surface area contributed by atoms with Gasteiger partial charge in [0.2, 0.25) is 0 Å². The molecule has 4 rings (SSSR count). The summed E-state index contributed by atoms with van der Waals surface area (Å²) in [5.41, 5.74) is 0.312. The van der Waals surface area contributed by atoms with Crippen LogP contribution in [0, 0.1) is 5.92 Å². The van der Waals surface area contributed by atoms with Crippen LogP contribution in [-0.2, 0) is 16.6 Å². The maximum Gasteiger partial charge on any atom is 0.273 e. The second kappa shape index (κ2) is 8.30. The fraction of sp³-hybridized carbons (Fsp3) is 0.611. The van der Waals surface area contributed by atoms with Gasteiger partial charge in [0.25, 0.3) is 15.9 Å². The van der Waals surface area contributed by atoms with Crippen LogP contribution < -0.4 is 5.32 Å². The van der Waals surface area contributed by atoms with Crippen LogP contribution in [0.4, 0.5) is 0 Å². The lowest BCUT2D eigenvalue weighted by atomic mass is 10.0. The molecular formula is C18H25N5O3S2. The summed E-state index contributed by atoms with van der Waals surface area (Å²) in [6, 6.07) is 3.37. The quantitative estimate of drug-likeness (QED) is 0.701. The Hall–Kier alpha value is -1.78. The average molecular weight is 424 g/mol. The molecule has 0 bridgehead atoms. The van der Waals surface area contributed by atoms with Crippen LogP contribution in [0.3, 0.4) is 0 Å². The first-order valence-electron chi connectivity index (χ1n) is 9.78. The number of piperidine rings is 1. The number of carbonyl (C=O) groups is 1. The van der Waals surface area contributed by atoms with E-state index < -0.39 is 10.0 Å². The number of nitrogens with zero attached hydrogens (tertiary/aromatic N) is 4. The van der Waals surface area contributed by atoms with Gasteiger partial charge in [-0.15, -0.1) is 16.4 Å². The molecule has 10 heteroatoms. The Morgan fingerprint density at radius 3 is 2.89 bits per heavy atom. The van der Waals surface area contributed by atoms with Crippen molar-refractivity contribution >= 4 is 27.3 Å². The Labute approximate surface area is 169 Å². The molecule has 2 aromatic heterocycles. The minimum absolute atomic E-state index is 0.0582. The molecule has 3 heterocycles. The molecule has 2 aliphatic rings. The van der Waals surface area contributed by atoms with E-state index in [9.17, 15) is 13.2 Å². The standard InChI is InChI=1S/C18H25N5O3S2/c24-18(19-12-14-6-7-14)16-13-22(21-20-16)10-8-15-4-1-2-9-23(15)28(25,26)17-5-3-11-27-17/h3,5,11,13-15H,1-2,4,6-10,12H2,(H,19,24). The molecule has 0 aromatic carbocycles. The normalized spacial score (nSPS) is 20.9. The fourth-order valence-electron chi connectivity index (χ4n) is 3.55. The smallest absolute Gasteiger partial charge is 0.273 e. The van der Waals surface area contributed by atoms with Gasteiger partial charge in [-0.3, -0.25) is 9.48 Å². The van der Waals surface area contributed by atoms with Crippen molar-refractivity contribution in [2.45, 2.75) is 55.3 Å². The zero-order chi connectivity index (χ0) is 19.6. The van der Waals surface area contributed by atoms with Crippen molar-refractivity contribution in [3.05, 3.63) is 29.4 Å². The van der Waals surface area contributed by atoms with Crippen LogP contribution in [-0.4, -0.2) is 52.8 Å². The van der Waals surface area contributed by atoms with Crippen LogP contribution in [0.1, 0.15) is 49.0 Å². The monoisotopic (exact) mass is 423 g/mol. The minimum atomic E-state index is -3.45. The molecule has 8 nitrogen and oxygen atoms in total. The van der Waals surface area contributed by atoms with Gasteiger partial charge in [-0.1, -0.05) is 17.7 Å². The van der Waals surface area contributed by atoms with E-state index >= 15 is 0 Å². The summed E-state index contributed by atoms with van der Waals surface area (Å²) in [4.78, 5) is 12.1. The highest BCUT2D eigenvalue weighted by atomic mass is 32.2. The molecule has 28 heavy (non-hydrogen) atoms. The van der Waals surface area contributed by atoms with E-state index in [0.717, 1.165) is 19.3 Å². The minimum Gasteiger partial charge on any atom is -0.350 e.